The van der Waals surface area contributed by atoms with Gasteiger partial charge in [0.25, 0.3) is 0 Å². The van der Waals surface area contributed by atoms with Crippen LogP contribution in [0.2, 0.25) is 0 Å². The van der Waals surface area contributed by atoms with Gasteiger partial charge >= 0.3 is 0 Å². The van der Waals surface area contributed by atoms with Crippen LogP contribution in [0.3, 0.4) is 0 Å². The summed E-state index contributed by atoms with van der Waals surface area (Å²) in [5.74, 6) is 0. The van der Waals surface area contributed by atoms with Crippen molar-refractivity contribution in [2.24, 2.45) is 0 Å². The van der Waals surface area contributed by atoms with Crippen LogP contribution in [0.5, 0.6) is 0 Å². The summed E-state index contributed by atoms with van der Waals surface area (Å²) in [6.45, 7) is 9.07. The van der Waals surface area contributed by atoms with E-state index in [1.165, 1.54) is 0 Å². The summed E-state index contributed by atoms with van der Waals surface area (Å²) in [6, 6.07) is 3.75. The molecule has 17 heavy (non-hydrogen) atoms. The van der Waals surface area contributed by atoms with Crippen LogP contribution in [0.15, 0.2) is 18.3 Å². The largest absolute Gasteiger partial charge is 0.399 e. The van der Waals surface area contributed by atoms with Crippen molar-refractivity contribution < 1.29 is 4.74 Å². The van der Waals surface area contributed by atoms with Crippen molar-refractivity contribution in [1.29, 1.82) is 0 Å². The van der Waals surface area contributed by atoms with Crippen molar-refractivity contribution in [3.05, 3.63) is 24.0 Å². The Bertz CT molecular complexity index is 392. The molecule has 4 heteroatoms. The Hall–Kier alpha value is -1.13. The molecule has 0 aromatic carbocycles. The van der Waals surface area contributed by atoms with Crippen LogP contribution in [0.1, 0.15) is 26.5 Å². The molecule has 1 saturated heterocycles. The smallest absolute Gasteiger partial charge is 0.0757 e. The minimum atomic E-state index is -0.0853. The maximum absolute atomic E-state index is 5.88. The average molecular weight is 235 g/mol. The molecule has 0 radical (unpaired) electrons. The van der Waals surface area contributed by atoms with Gasteiger partial charge in [-0.3, -0.25) is 9.88 Å². The summed E-state index contributed by atoms with van der Waals surface area (Å²) in [4.78, 5) is 6.71. The Balaban J connectivity index is 2.03. The molecule has 1 aliphatic rings. The molecule has 1 unspecified atom stereocenters. The first kappa shape index (κ1) is 12.3. The quantitative estimate of drug-likeness (QED) is 0.847. The molecule has 0 saturated carbocycles. The van der Waals surface area contributed by atoms with E-state index in [1.807, 2.05) is 12.1 Å². The van der Waals surface area contributed by atoms with Gasteiger partial charge in [0.15, 0.2) is 0 Å². The fourth-order valence-electron chi connectivity index (χ4n) is 2.52. The van der Waals surface area contributed by atoms with Crippen molar-refractivity contribution in [3.63, 3.8) is 0 Å². The van der Waals surface area contributed by atoms with Gasteiger partial charge in [-0.05, 0) is 32.9 Å². The monoisotopic (exact) mass is 235 g/mol. The van der Waals surface area contributed by atoms with Gasteiger partial charge in [-0.2, -0.15) is 0 Å². The highest BCUT2D eigenvalue weighted by Crippen LogP contribution is 2.22. The minimum absolute atomic E-state index is 0.0853. The highest BCUT2D eigenvalue weighted by Gasteiger charge is 2.31. The van der Waals surface area contributed by atoms with Gasteiger partial charge in [-0.15, -0.1) is 0 Å². The SMILES string of the molecule is CC1CN(Cc2cc(N)ccn2)CC(C)(C)O1. The molecule has 2 N–H and O–H groups in total. The third-order valence-electron chi connectivity index (χ3n) is 2.87. The van der Waals surface area contributed by atoms with Gasteiger partial charge < -0.3 is 10.5 Å². The number of hydrogen-bond acceptors (Lipinski definition) is 4. The van der Waals surface area contributed by atoms with Crippen molar-refractivity contribution in [2.75, 3.05) is 18.8 Å². The normalized spacial score (nSPS) is 24.8. The zero-order valence-corrected chi connectivity index (χ0v) is 10.8. The van der Waals surface area contributed by atoms with E-state index in [9.17, 15) is 0 Å². The Morgan fingerprint density at radius 2 is 2.35 bits per heavy atom. The first-order valence-electron chi connectivity index (χ1n) is 6.05. The van der Waals surface area contributed by atoms with Crippen molar-refractivity contribution in [2.45, 2.75) is 39.0 Å². The van der Waals surface area contributed by atoms with E-state index in [1.54, 1.807) is 6.20 Å². The lowest BCUT2D eigenvalue weighted by molar-refractivity contribution is -0.130. The number of nitrogen functional groups attached to an aromatic ring is 1. The average Bonchev–Trinajstić information content (AvgIpc) is 2.13. The second kappa shape index (κ2) is 4.63. The van der Waals surface area contributed by atoms with Gasteiger partial charge in [0, 0.05) is 31.5 Å². The molecule has 0 spiro atoms. The molecule has 1 fully saturated rings. The second-order valence-corrected chi connectivity index (χ2v) is 5.44. The first-order chi connectivity index (χ1) is 7.94. The molecule has 2 heterocycles. The maximum atomic E-state index is 5.88. The summed E-state index contributed by atoms with van der Waals surface area (Å²) in [5, 5.41) is 0. The maximum Gasteiger partial charge on any atom is 0.0757 e. The van der Waals surface area contributed by atoms with Crippen LogP contribution in [0.4, 0.5) is 5.69 Å². The molecule has 4 nitrogen and oxygen atoms in total. The van der Waals surface area contributed by atoms with Gasteiger partial charge in [-0.25, -0.2) is 0 Å². The van der Waals surface area contributed by atoms with Crippen LogP contribution < -0.4 is 5.73 Å². The number of anilines is 1. The third-order valence-corrected chi connectivity index (χ3v) is 2.87. The van der Waals surface area contributed by atoms with E-state index >= 15 is 0 Å². The zero-order chi connectivity index (χ0) is 12.5. The predicted octanol–water partition coefficient (Wildman–Crippen LogP) is 1.66. The predicted molar refractivity (Wildman–Crippen MR) is 68.6 cm³/mol. The van der Waals surface area contributed by atoms with Crippen molar-refractivity contribution in [3.8, 4) is 0 Å². The second-order valence-electron chi connectivity index (χ2n) is 5.44. The summed E-state index contributed by atoms with van der Waals surface area (Å²) < 4.78 is 5.88. The first-order valence-corrected chi connectivity index (χ1v) is 6.05. The molecule has 1 aromatic rings. The number of pyridine rings is 1. The number of aromatic nitrogens is 1. The van der Waals surface area contributed by atoms with E-state index in [2.05, 4.69) is 30.7 Å². The van der Waals surface area contributed by atoms with Crippen LogP contribution >= 0.6 is 0 Å². The lowest BCUT2D eigenvalue weighted by Gasteiger charge is -2.41. The Morgan fingerprint density at radius 3 is 3.00 bits per heavy atom. The van der Waals surface area contributed by atoms with Gasteiger partial charge in [0.05, 0.1) is 17.4 Å². The van der Waals surface area contributed by atoms with Crippen LogP contribution in [0.25, 0.3) is 0 Å². The van der Waals surface area contributed by atoms with Crippen LogP contribution in [-0.2, 0) is 11.3 Å². The fraction of sp³-hybridized carbons (Fsp3) is 0.615. The number of ether oxygens (including phenoxy) is 1. The lowest BCUT2D eigenvalue weighted by atomic mass is 10.1. The van der Waals surface area contributed by atoms with E-state index < -0.39 is 0 Å². The molecule has 1 atom stereocenters. The molecule has 0 aliphatic carbocycles. The molecule has 0 amide bonds. The summed E-state index contributed by atoms with van der Waals surface area (Å²) >= 11 is 0. The molecular weight excluding hydrogens is 214 g/mol. The van der Waals surface area contributed by atoms with Crippen LogP contribution in [0, 0.1) is 0 Å². The third kappa shape index (κ3) is 3.41. The van der Waals surface area contributed by atoms with Crippen LogP contribution in [-0.4, -0.2) is 34.7 Å². The highest BCUT2D eigenvalue weighted by atomic mass is 16.5. The standard InChI is InChI=1S/C13H21N3O/c1-10-7-16(9-13(2,3)17-10)8-12-6-11(14)4-5-15-12/h4-6,10H,7-9H2,1-3H3,(H2,14,15). The summed E-state index contributed by atoms with van der Waals surface area (Å²) in [5.41, 5.74) is 7.47. The fourth-order valence-corrected chi connectivity index (χ4v) is 2.52. The van der Waals surface area contributed by atoms with E-state index in [4.69, 9.17) is 10.5 Å². The molecule has 1 aliphatic heterocycles. The molecular formula is C13H21N3O. The number of nitrogens with zero attached hydrogens (tertiary/aromatic N) is 2. The van der Waals surface area contributed by atoms with E-state index in [0.717, 1.165) is 31.0 Å². The Labute approximate surface area is 103 Å². The molecule has 2 rings (SSSR count). The van der Waals surface area contributed by atoms with Crippen molar-refractivity contribution >= 4 is 5.69 Å². The lowest BCUT2D eigenvalue weighted by Crippen LogP contribution is -2.51. The molecule has 0 bridgehead atoms. The molecule has 94 valence electrons. The van der Waals surface area contributed by atoms with Gasteiger partial charge in [0.2, 0.25) is 0 Å². The van der Waals surface area contributed by atoms with Gasteiger partial charge in [-0.1, -0.05) is 0 Å². The Morgan fingerprint density at radius 1 is 1.59 bits per heavy atom. The van der Waals surface area contributed by atoms with E-state index in [-0.39, 0.29) is 11.7 Å². The highest BCUT2D eigenvalue weighted by molar-refractivity contribution is 5.37. The number of hydrogen-bond donors (Lipinski definition) is 1. The zero-order valence-electron chi connectivity index (χ0n) is 10.8. The number of morpholine rings is 1. The van der Waals surface area contributed by atoms with Crippen molar-refractivity contribution in [1.82, 2.24) is 9.88 Å². The number of rotatable bonds is 2. The summed E-state index contributed by atoms with van der Waals surface area (Å²) in [6.07, 6.45) is 2.03. The minimum Gasteiger partial charge on any atom is -0.399 e. The topological polar surface area (TPSA) is 51.4 Å². The number of nitrogens with two attached hydrogens (primary N) is 1. The molecule has 1 aromatic heterocycles. The van der Waals surface area contributed by atoms with E-state index in [0.29, 0.717) is 0 Å². The van der Waals surface area contributed by atoms with Gasteiger partial charge in [0.1, 0.15) is 0 Å². The Kier molecular flexibility index (Phi) is 3.35. The summed E-state index contributed by atoms with van der Waals surface area (Å²) in [7, 11) is 0.